The van der Waals surface area contributed by atoms with Crippen LogP contribution in [0, 0.1) is 0 Å². The Kier molecular flexibility index (Phi) is 4.71. The van der Waals surface area contributed by atoms with Crippen LogP contribution in [-0.4, -0.2) is 93.1 Å². The molecule has 0 amide bonds. The van der Waals surface area contributed by atoms with Crippen molar-refractivity contribution in [3.63, 3.8) is 0 Å². The maximum absolute atomic E-state index is 9.63. The quantitative estimate of drug-likeness (QED) is 0.302. The molecule has 19 heavy (non-hydrogen) atoms. The van der Waals surface area contributed by atoms with Crippen LogP contribution in [0.25, 0.3) is 0 Å². The fourth-order valence-corrected chi connectivity index (χ4v) is 2.09. The van der Waals surface area contributed by atoms with Crippen molar-refractivity contribution in [3.05, 3.63) is 0 Å². The molecule has 2 fully saturated rings. The van der Waals surface area contributed by atoms with Crippen molar-refractivity contribution >= 4 is 0 Å². The number of rotatable bonds is 4. The third-order valence-corrected chi connectivity index (χ3v) is 3.27. The van der Waals surface area contributed by atoms with Crippen molar-refractivity contribution in [3.8, 4) is 0 Å². The SMILES string of the molecule is OC[C@H]1OC(OC2O[C@H](CO)[C@@H](O)[C@H]2O)[C@H](O)[C@@H]1O. The molecule has 0 radical (unpaired) electrons. The second-order valence-electron chi connectivity index (χ2n) is 4.55. The molecule has 2 aliphatic rings. The largest absolute Gasteiger partial charge is 0.394 e. The van der Waals surface area contributed by atoms with E-state index in [0.29, 0.717) is 0 Å². The molecule has 0 aliphatic carbocycles. The van der Waals surface area contributed by atoms with Gasteiger partial charge in [0.15, 0.2) is 12.6 Å². The molecule has 112 valence electrons. The van der Waals surface area contributed by atoms with Crippen molar-refractivity contribution in [1.82, 2.24) is 0 Å². The van der Waals surface area contributed by atoms with Crippen LogP contribution in [0.2, 0.25) is 0 Å². The van der Waals surface area contributed by atoms with Crippen LogP contribution in [0.1, 0.15) is 0 Å². The summed E-state index contributed by atoms with van der Waals surface area (Å²) in [6.45, 7) is -1.01. The monoisotopic (exact) mass is 282 g/mol. The Balaban J connectivity index is 1.95. The summed E-state index contributed by atoms with van der Waals surface area (Å²) < 4.78 is 15.2. The maximum atomic E-state index is 9.63. The number of ether oxygens (including phenoxy) is 3. The highest BCUT2D eigenvalue weighted by Crippen LogP contribution is 2.28. The van der Waals surface area contributed by atoms with Gasteiger partial charge in [0, 0.05) is 0 Å². The van der Waals surface area contributed by atoms with E-state index in [1.54, 1.807) is 0 Å². The van der Waals surface area contributed by atoms with Gasteiger partial charge in [0.1, 0.15) is 36.6 Å². The van der Waals surface area contributed by atoms with E-state index in [4.69, 9.17) is 24.4 Å². The van der Waals surface area contributed by atoms with Crippen LogP contribution in [0.15, 0.2) is 0 Å². The molecule has 2 unspecified atom stereocenters. The molecular formula is C10H18O9. The van der Waals surface area contributed by atoms with Crippen LogP contribution < -0.4 is 0 Å². The first-order chi connectivity index (χ1) is 8.99. The van der Waals surface area contributed by atoms with Gasteiger partial charge in [0.05, 0.1) is 13.2 Å². The zero-order valence-corrected chi connectivity index (χ0v) is 9.94. The first-order valence-electron chi connectivity index (χ1n) is 5.90. The van der Waals surface area contributed by atoms with Gasteiger partial charge in [0.2, 0.25) is 0 Å². The summed E-state index contributed by atoms with van der Waals surface area (Å²) >= 11 is 0. The van der Waals surface area contributed by atoms with Crippen molar-refractivity contribution in [2.45, 2.75) is 49.2 Å². The standard InChI is InChI=1S/C10H18O9/c11-1-3-5(13)7(15)9(17-3)19-10-8(16)6(14)4(2-12)18-10/h3-16H,1-2H2/t3-,4-,5-,6-,7-,8-,9?,10?/m1/s1. The van der Waals surface area contributed by atoms with E-state index in [1.807, 2.05) is 0 Å². The van der Waals surface area contributed by atoms with Crippen molar-refractivity contribution in [2.75, 3.05) is 13.2 Å². The first-order valence-corrected chi connectivity index (χ1v) is 5.90. The van der Waals surface area contributed by atoms with Gasteiger partial charge in [-0.2, -0.15) is 0 Å². The van der Waals surface area contributed by atoms with E-state index in [-0.39, 0.29) is 0 Å². The number of hydrogen-bond donors (Lipinski definition) is 6. The average molecular weight is 282 g/mol. The number of aliphatic hydroxyl groups excluding tert-OH is 6. The van der Waals surface area contributed by atoms with Crippen LogP contribution >= 0.6 is 0 Å². The first kappa shape index (κ1) is 15.0. The molecule has 9 heteroatoms. The third kappa shape index (κ3) is 2.75. The Morgan fingerprint density at radius 2 is 1.05 bits per heavy atom. The lowest BCUT2D eigenvalue weighted by Crippen LogP contribution is -2.40. The lowest BCUT2D eigenvalue weighted by Gasteiger charge is -2.22. The highest BCUT2D eigenvalue weighted by atomic mass is 16.8. The number of hydrogen-bond acceptors (Lipinski definition) is 9. The Morgan fingerprint density at radius 3 is 1.32 bits per heavy atom. The summed E-state index contributed by atoms with van der Waals surface area (Å²) in [6, 6.07) is 0. The summed E-state index contributed by atoms with van der Waals surface area (Å²) in [4.78, 5) is 0. The zero-order valence-electron chi connectivity index (χ0n) is 9.94. The summed E-state index contributed by atoms with van der Waals surface area (Å²) in [7, 11) is 0. The molecule has 0 aromatic heterocycles. The number of aliphatic hydroxyl groups is 6. The molecule has 0 aromatic rings. The van der Waals surface area contributed by atoms with E-state index in [0.717, 1.165) is 0 Å². The minimum Gasteiger partial charge on any atom is -0.394 e. The Labute approximate surface area is 108 Å². The summed E-state index contributed by atoms with van der Waals surface area (Å²) in [5, 5.41) is 56.1. The highest BCUT2D eigenvalue weighted by Gasteiger charge is 2.49. The zero-order chi connectivity index (χ0) is 14.2. The lowest BCUT2D eigenvalue weighted by atomic mass is 10.1. The molecule has 0 saturated carbocycles. The van der Waals surface area contributed by atoms with E-state index in [9.17, 15) is 20.4 Å². The van der Waals surface area contributed by atoms with Gasteiger partial charge in [-0.15, -0.1) is 0 Å². The molecule has 6 N–H and O–H groups in total. The summed E-state index contributed by atoms with van der Waals surface area (Å²) in [5.74, 6) is 0. The van der Waals surface area contributed by atoms with Gasteiger partial charge < -0.3 is 44.8 Å². The van der Waals surface area contributed by atoms with Gasteiger partial charge in [-0.1, -0.05) is 0 Å². The normalized spacial score (nSPS) is 50.8. The molecule has 9 nitrogen and oxygen atoms in total. The van der Waals surface area contributed by atoms with Crippen molar-refractivity contribution < 1.29 is 44.8 Å². The highest BCUT2D eigenvalue weighted by molar-refractivity contribution is 4.90. The topological polar surface area (TPSA) is 149 Å². The maximum Gasteiger partial charge on any atom is 0.189 e. The van der Waals surface area contributed by atoms with Crippen molar-refractivity contribution in [1.29, 1.82) is 0 Å². The molecule has 8 atom stereocenters. The predicted molar refractivity (Wildman–Crippen MR) is 56.6 cm³/mol. The van der Waals surface area contributed by atoms with E-state index in [2.05, 4.69) is 0 Å². The van der Waals surface area contributed by atoms with Gasteiger partial charge in [-0.3, -0.25) is 0 Å². The van der Waals surface area contributed by atoms with Crippen LogP contribution in [0.5, 0.6) is 0 Å². The lowest BCUT2D eigenvalue weighted by molar-refractivity contribution is -0.269. The molecule has 2 saturated heterocycles. The third-order valence-electron chi connectivity index (χ3n) is 3.27. The van der Waals surface area contributed by atoms with Crippen LogP contribution in [0.4, 0.5) is 0 Å². The van der Waals surface area contributed by atoms with Crippen LogP contribution in [0.3, 0.4) is 0 Å². The van der Waals surface area contributed by atoms with E-state index in [1.165, 1.54) is 0 Å². The molecule has 0 aromatic carbocycles. The smallest absolute Gasteiger partial charge is 0.189 e. The van der Waals surface area contributed by atoms with Crippen LogP contribution in [-0.2, 0) is 14.2 Å². The van der Waals surface area contributed by atoms with Crippen molar-refractivity contribution in [2.24, 2.45) is 0 Å². The Morgan fingerprint density at radius 1 is 0.684 bits per heavy atom. The molecular weight excluding hydrogens is 264 g/mol. The van der Waals surface area contributed by atoms with E-state index < -0.39 is 62.4 Å². The van der Waals surface area contributed by atoms with E-state index >= 15 is 0 Å². The Bertz CT molecular complexity index is 273. The summed E-state index contributed by atoms with van der Waals surface area (Å²) in [6.07, 6.45) is -10.1. The molecule has 0 spiro atoms. The minimum absolute atomic E-state index is 0.506. The molecule has 2 rings (SSSR count). The molecule has 2 aliphatic heterocycles. The average Bonchev–Trinajstić information content (AvgIpc) is 2.83. The van der Waals surface area contributed by atoms with Gasteiger partial charge >= 0.3 is 0 Å². The second kappa shape index (κ2) is 5.95. The van der Waals surface area contributed by atoms with Gasteiger partial charge in [-0.25, -0.2) is 0 Å². The minimum atomic E-state index is -1.42. The molecule has 0 bridgehead atoms. The fraction of sp³-hybridized carbons (Fsp3) is 1.00. The second-order valence-corrected chi connectivity index (χ2v) is 4.55. The predicted octanol–water partition coefficient (Wildman–Crippen LogP) is -4.12. The Hall–Kier alpha value is -0.360. The fourth-order valence-electron chi connectivity index (χ4n) is 2.09. The van der Waals surface area contributed by atoms with Gasteiger partial charge in [0.25, 0.3) is 0 Å². The molecule has 2 heterocycles. The van der Waals surface area contributed by atoms with Gasteiger partial charge in [-0.05, 0) is 0 Å². The summed E-state index contributed by atoms with van der Waals surface area (Å²) in [5.41, 5.74) is 0.